The van der Waals surface area contributed by atoms with Crippen LogP contribution in [0.1, 0.15) is 49.8 Å². The number of aliphatic hydroxyl groups excluding tert-OH is 2. The molecule has 4 N–H and O–H groups in total. The van der Waals surface area contributed by atoms with Crippen LogP contribution in [0.25, 0.3) is 0 Å². The van der Waals surface area contributed by atoms with E-state index >= 15 is 0 Å². The fourth-order valence-electron chi connectivity index (χ4n) is 8.30. The van der Waals surface area contributed by atoms with Crippen LogP contribution in [-0.2, 0) is 32.9 Å². The molecule has 3 heterocycles. The fraction of sp³-hybridized carbons (Fsp3) is 0.474. The summed E-state index contributed by atoms with van der Waals surface area (Å²) in [5.41, 5.74) is 2.98. The van der Waals surface area contributed by atoms with Gasteiger partial charge in [-0.1, -0.05) is 30.7 Å². The summed E-state index contributed by atoms with van der Waals surface area (Å²) in [6.45, 7) is 8.95. The Morgan fingerprint density at radius 1 is 1.04 bits per heavy atom. The molecule has 1 unspecified atom stereocenters. The number of aliphatic hydroxyl groups is 2. The first-order chi connectivity index (χ1) is 23.9. The predicted molar refractivity (Wildman–Crippen MR) is 197 cm³/mol. The lowest BCUT2D eigenvalue weighted by atomic mass is 9.82. The molecule has 1 saturated heterocycles. The number of rotatable bonds is 13. The molecular formula is C38H48ClN3O7Si. The van der Waals surface area contributed by atoms with Gasteiger partial charge < -0.3 is 34.7 Å². The van der Waals surface area contributed by atoms with Gasteiger partial charge in [0.15, 0.2) is 13.9 Å². The van der Waals surface area contributed by atoms with E-state index < -0.39 is 26.1 Å². The molecule has 0 saturated carbocycles. The summed E-state index contributed by atoms with van der Waals surface area (Å²) in [6.07, 6.45) is 1.75. The summed E-state index contributed by atoms with van der Waals surface area (Å²) < 4.78 is 12.5. The highest BCUT2D eigenvalue weighted by Gasteiger charge is 2.66. The zero-order valence-corrected chi connectivity index (χ0v) is 30.9. The van der Waals surface area contributed by atoms with E-state index in [1.54, 1.807) is 21.9 Å². The van der Waals surface area contributed by atoms with Crippen LogP contribution in [0.15, 0.2) is 60.7 Å². The monoisotopic (exact) mass is 721 g/mol. The Kier molecular flexibility index (Phi) is 10.8. The van der Waals surface area contributed by atoms with E-state index in [1.165, 1.54) is 0 Å². The van der Waals surface area contributed by atoms with Gasteiger partial charge in [0.05, 0.1) is 36.7 Å². The van der Waals surface area contributed by atoms with Gasteiger partial charge in [-0.05, 0) is 112 Å². The van der Waals surface area contributed by atoms with Crippen LogP contribution in [-0.4, -0.2) is 73.7 Å². The van der Waals surface area contributed by atoms with Crippen LogP contribution >= 0.6 is 11.6 Å². The van der Waals surface area contributed by atoms with Crippen molar-refractivity contribution in [3.05, 3.63) is 82.4 Å². The number of hydrogen-bond donors (Lipinski definition) is 4. The lowest BCUT2D eigenvalue weighted by Gasteiger charge is -2.35. The molecule has 2 amide bonds. The molecule has 0 aromatic heterocycles. The van der Waals surface area contributed by atoms with Crippen LogP contribution in [0.5, 0.6) is 5.75 Å². The number of carbonyl (C=O) groups is 2. The molecule has 3 aliphatic heterocycles. The largest absolute Gasteiger partial charge is 0.494 e. The number of hydrogen-bond acceptors (Lipinski definition) is 8. The van der Waals surface area contributed by atoms with E-state index in [1.807, 2.05) is 75.5 Å². The van der Waals surface area contributed by atoms with Crippen molar-refractivity contribution in [2.75, 3.05) is 36.2 Å². The number of halogens is 1. The third-order valence-corrected chi connectivity index (χ3v) is 13.1. The average Bonchev–Trinajstić information content (AvgIpc) is 3.49. The Labute approximate surface area is 300 Å². The third kappa shape index (κ3) is 6.61. The quantitative estimate of drug-likeness (QED) is 0.136. The fourth-order valence-corrected chi connectivity index (χ4v) is 11.1. The number of anilines is 3. The molecule has 5 atom stereocenters. The van der Waals surface area contributed by atoms with Crippen molar-refractivity contribution in [2.24, 2.45) is 5.92 Å². The van der Waals surface area contributed by atoms with E-state index in [4.69, 9.17) is 21.1 Å². The second-order valence-electron chi connectivity index (χ2n) is 14.1. The number of ether oxygens (including phenoxy) is 2. The molecule has 3 aromatic rings. The van der Waals surface area contributed by atoms with Gasteiger partial charge in [-0.2, -0.15) is 0 Å². The average molecular weight is 722 g/mol. The number of nitrogens with one attached hydrogen (secondary N) is 1. The van der Waals surface area contributed by atoms with Gasteiger partial charge in [-0.25, -0.2) is 0 Å². The van der Waals surface area contributed by atoms with Gasteiger partial charge >= 0.3 is 0 Å². The summed E-state index contributed by atoms with van der Waals surface area (Å²) in [7, 11) is -2.83. The van der Waals surface area contributed by atoms with Gasteiger partial charge in [0, 0.05) is 40.9 Å². The van der Waals surface area contributed by atoms with Crippen molar-refractivity contribution in [1.29, 1.82) is 0 Å². The van der Waals surface area contributed by atoms with Crippen LogP contribution in [0, 0.1) is 5.92 Å². The second kappa shape index (κ2) is 14.7. The van der Waals surface area contributed by atoms with Crippen molar-refractivity contribution in [3.63, 3.8) is 0 Å². The zero-order valence-electron chi connectivity index (χ0n) is 29.2. The number of benzene rings is 3. The Hall–Kier alpha value is -3.29. The molecule has 50 heavy (non-hydrogen) atoms. The lowest BCUT2D eigenvalue weighted by Crippen LogP contribution is -2.49. The summed E-state index contributed by atoms with van der Waals surface area (Å²) in [6, 6.07) is 18.4. The molecule has 12 heteroatoms. The van der Waals surface area contributed by atoms with Crippen LogP contribution in [0.3, 0.4) is 0 Å². The molecule has 268 valence electrons. The van der Waals surface area contributed by atoms with Gasteiger partial charge in [0.25, 0.3) is 5.91 Å². The van der Waals surface area contributed by atoms with Gasteiger partial charge in [0.1, 0.15) is 5.75 Å². The Morgan fingerprint density at radius 2 is 1.82 bits per heavy atom. The standard InChI is InChI=1S/C38H48ClN3O7Si/c1-5-48-29-12-14-32-26(20-29)21-31(40-16-6-7-17-43)36(45)42(32)28-10-8-9-25(19-28)23-41-33-13-11-27(39)22-30(33)38(37(41)46)24(2)35(50(3,4)47)34(49-38)15-18-44/h8-14,19-20,22,24,31,34-35,40,43-44,47H,5-7,15-18,21,23H2,1-4H3/t24-,31?,34+,35-,38+/m0/s1. The minimum absolute atomic E-state index is 0.0797. The van der Waals surface area contributed by atoms with Crippen molar-refractivity contribution in [3.8, 4) is 5.75 Å². The first-order valence-electron chi connectivity index (χ1n) is 17.6. The number of nitrogens with zero attached hydrogens (tertiary/aromatic N) is 2. The number of amides is 2. The van der Waals surface area contributed by atoms with Crippen LogP contribution < -0.4 is 19.9 Å². The third-order valence-electron chi connectivity index (χ3n) is 10.4. The first kappa shape index (κ1) is 36.5. The van der Waals surface area contributed by atoms with E-state index in [-0.39, 0.29) is 43.0 Å². The Morgan fingerprint density at radius 3 is 2.54 bits per heavy atom. The number of carbonyl (C=O) groups excluding carboxylic acids is 2. The highest BCUT2D eigenvalue weighted by atomic mass is 35.5. The molecule has 3 aromatic carbocycles. The molecule has 3 aliphatic rings. The molecule has 1 fully saturated rings. The highest BCUT2D eigenvalue weighted by Crippen LogP contribution is 2.60. The number of unbranched alkanes of at least 4 members (excludes halogenated alkanes) is 1. The van der Waals surface area contributed by atoms with Crippen LogP contribution in [0.2, 0.25) is 23.7 Å². The molecule has 0 radical (unpaired) electrons. The lowest BCUT2D eigenvalue weighted by molar-refractivity contribution is -0.146. The Balaban J connectivity index is 1.35. The van der Waals surface area contributed by atoms with Crippen molar-refractivity contribution in [2.45, 2.75) is 82.5 Å². The first-order valence-corrected chi connectivity index (χ1v) is 21.0. The highest BCUT2D eigenvalue weighted by molar-refractivity contribution is 6.71. The predicted octanol–water partition coefficient (Wildman–Crippen LogP) is 5.42. The minimum Gasteiger partial charge on any atom is -0.494 e. The summed E-state index contributed by atoms with van der Waals surface area (Å²) in [5.74, 6) is 0.0700. The van der Waals surface area contributed by atoms with E-state index in [0.717, 1.165) is 29.0 Å². The van der Waals surface area contributed by atoms with E-state index in [2.05, 4.69) is 5.32 Å². The van der Waals surface area contributed by atoms with E-state index in [0.29, 0.717) is 54.4 Å². The maximum absolute atomic E-state index is 14.7. The molecule has 1 spiro atoms. The van der Waals surface area contributed by atoms with Gasteiger partial charge in [0.2, 0.25) is 5.91 Å². The second-order valence-corrected chi connectivity index (χ2v) is 18.5. The van der Waals surface area contributed by atoms with Crippen molar-refractivity contribution >= 4 is 48.8 Å². The Bertz CT molecular complexity index is 1730. The van der Waals surface area contributed by atoms with Gasteiger partial charge in [-0.15, -0.1) is 0 Å². The molecule has 0 bridgehead atoms. The normalized spacial score (nSPS) is 24.6. The van der Waals surface area contributed by atoms with E-state index in [9.17, 15) is 24.6 Å². The maximum Gasteiger partial charge on any atom is 0.264 e. The molecular weight excluding hydrogens is 674 g/mol. The molecule has 10 nitrogen and oxygen atoms in total. The van der Waals surface area contributed by atoms with Crippen molar-refractivity contribution < 1.29 is 34.1 Å². The zero-order chi connectivity index (χ0) is 35.8. The number of fused-ring (bicyclic) bond motifs is 3. The van der Waals surface area contributed by atoms with Crippen LogP contribution in [0.4, 0.5) is 17.1 Å². The topological polar surface area (TPSA) is 132 Å². The minimum atomic E-state index is -2.83. The molecule has 6 rings (SSSR count). The SMILES string of the molecule is CCOc1ccc2c(c1)CC(NCCCCO)C(=O)N2c1cccc(CN2C(=O)[C@]3(O[C@H](CCO)[C@@H]([Si](C)(C)O)[C@@H]3C)c3cc(Cl)ccc32)c1. The summed E-state index contributed by atoms with van der Waals surface area (Å²) in [4.78, 5) is 43.7. The smallest absolute Gasteiger partial charge is 0.264 e. The van der Waals surface area contributed by atoms with Crippen molar-refractivity contribution in [1.82, 2.24) is 5.32 Å². The summed E-state index contributed by atoms with van der Waals surface area (Å²) in [5, 5.41) is 23.0. The van der Waals surface area contributed by atoms with Gasteiger partial charge in [-0.3, -0.25) is 14.5 Å². The molecule has 0 aliphatic carbocycles. The maximum atomic E-state index is 14.7. The summed E-state index contributed by atoms with van der Waals surface area (Å²) >= 11 is 6.53.